The minimum absolute atomic E-state index is 0.158. The fraction of sp³-hybridized carbons (Fsp3) is 0.385. The predicted octanol–water partition coefficient (Wildman–Crippen LogP) is 1.12. The Kier molecular flexibility index (Phi) is 4.51. The quantitative estimate of drug-likeness (QED) is 0.864. The minimum atomic E-state index is -3.81. The highest BCUT2D eigenvalue weighted by Crippen LogP contribution is 2.11. The van der Waals surface area contributed by atoms with Crippen molar-refractivity contribution >= 4 is 10.0 Å². The van der Waals surface area contributed by atoms with E-state index in [-0.39, 0.29) is 5.16 Å². The number of primary sulfonamides is 1. The largest absolute Gasteiger partial charge is 0.301 e. The first-order valence-electron chi connectivity index (χ1n) is 6.51. The topological polar surface area (TPSA) is 90.9 Å². The highest BCUT2D eigenvalue weighted by atomic mass is 32.2. The lowest BCUT2D eigenvalue weighted by Gasteiger charge is -2.06. The van der Waals surface area contributed by atoms with Gasteiger partial charge in [-0.15, -0.1) is 10.2 Å². The predicted molar refractivity (Wildman–Crippen MR) is 75.5 cm³/mol. The highest BCUT2D eigenvalue weighted by Gasteiger charge is 2.19. The second kappa shape index (κ2) is 6.15. The lowest BCUT2D eigenvalue weighted by Crippen LogP contribution is -2.19. The van der Waals surface area contributed by atoms with Crippen LogP contribution in [0.25, 0.3) is 0 Å². The SMILES string of the molecule is CCn1c(CCCc2ccccc2)nnc1S(N)(=O)=O. The fourth-order valence-electron chi connectivity index (χ4n) is 2.13. The van der Waals surface area contributed by atoms with E-state index in [1.165, 1.54) is 5.56 Å². The van der Waals surface area contributed by atoms with Gasteiger partial charge in [0.05, 0.1) is 0 Å². The van der Waals surface area contributed by atoms with E-state index in [2.05, 4.69) is 22.3 Å². The first-order chi connectivity index (χ1) is 9.52. The van der Waals surface area contributed by atoms with Gasteiger partial charge in [0.15, 0.2) is 0 Å². The van der Waals surface area contributed by atoms with Crippen LogP contribution in [-0.2, 0) is 29.4 Å². The molecule has 2 aromatic rings. The van der Waals surface area contributed by atoms with E-state index in [0.29, 0.717) is 18.8 Å². The monoisotopic (exact) mass is 294 g/mol. The number of rotatable bonds is 6. The van der Waals surface area contributed by atoms with Crippen molar-refractivity contribution in [3.8, 4) is 0 Å². The lowest BCUT2D eigenvalue weighted by molar-refractivity contribution is 0.561. The summed E-state index contributed by atoms with van der Waals surface area (Å²) in [6.45, 7) is 2.33. The van der Waals surface area contributed by atoms with Gasteiger partial charge in [-0.1, -0.05) is 30.3 Å². The molecule has 2 N–H and O–H groups in total. The van der Waals surface area contributed by atoms with Gasteiger partial charge in [-0.3, -0.25) is 0 Å². The summed E-state index contributed by atoms with van der Waals surface area (Å²) in [5.74, 6) is 0.660. The first-order valence-corrected chi connectivity index (χ1v) is 8.06. The molecule has 0 fully saturated rings. The Morgan fingerprint density at radius 1 is 1.15 bits per heavy atom. The molecule has 0 amide bonds. The molecule has 0 bridgehead atoms. The summed E-state index contributed by atoms with van der Waals surface area (Å²) in [4.78, 5) is 0. The van der Waals surface area contributed by atoms with Crippen LogP contribution in [0.4, 0.5) is 0 Å². The summed E-state index contributed by atoms with van der Waals surface area (Å²) >= 11 is 0. The number of nitrogens with zero attached hydrogens (tertiary/aromatic N) is 3. The molecule has 0 spiro atoms. The third kappa shape index (κ3) is 3.43. The molecule has 108 valence electrons. The molecular weight excluding hydrogens is 276 g/mol. The summed E-state index contributed by atoms with van der Waals surface area (Å²) in [7, 11) is -3.81. The zero-order valence-electron chi connectivity index (χ0n) is 11.4. The van der Waals surface area contributed by atoms with E-state index >= 15 is 0 Å². The van der Waals surface area contributed by atoms with Crippen molar-refractivity contribution in [1.29, 1.82) is 0 Å². The van der Waals surface area contributed by atoms with Gasteiger partial charge in [-0.2, -0.15) is 0 Å². The summed E-state index contributed by atoms with van der Waals surface area (Å²) in [6, 6.07) is 10.1. The van der Waals surface area contributed by atoms with Gasteiger partial charge in [0, 0.05) is 13.0 Å². The standard InChI is InChI=1S/C13H18N4O2S/c1-2-17-12(15-16-13(17)20(14,18)19)10-6-9-11-7-4-3-5-8-11/h3-5,7-8H,2,6,9-10H2,1H3,(H2,14,18,19). The number of aromatic nitrogens is 3. The molecule has 1 aromatic carbocycles. The molecular formula is C13H18N4O2S. The van der Waals surface area contributed by atoms with Crippen LogP contribution < -0.4 is 5.14 Å². The first kappa shape index (κ1) is 14.7. The Bertz CT molecular complexity index is 665. The van der Waals surface area contributed by atoms with Gasteiger partial charge in [0.2, 0.25) is 0 Å². The van der Waals surface area contributed by atoms with Crippen molar-refractivity contribution in [2.75, 3.05) is 0 Å². The van der Waals surface area contributed by atoms with E-state index in [1.54, 1.807) is 4.57 Å². The zero-order chi connectivity index (χ0) is 14.6. The molecule has 0 aliphatic carbocycles. The number of hydrogen-bond acceptors (Lipinski definition) is 4. The van der Waals surface area contributed by atoms with Crippen LogP contribution in [0, 0.1) is 0 Å². The summed E-state index contributed by atoms with van der Waals surface area (Å²) in [6.07, 6.45) is 2.47. The molecule has 7 heteroatoms. The van der Waals surface area contributed by atoms with Crippen molar-refractivity contribution in [2.45, 2.75) is 37.9 Å². The number of aryl methyl sites for hydroxylation is 2. The Hall–Kier alpha value is -1.73. The van der Waals surface area contributed by atoms with E-state index in [4.69, 9.17) is 5.14 Å². The average Bonchev–Trinajstić information content (AvgIpc) is 2.83. The van der Waals surface area contributed by atoms with Gasteiger partial charge in [0.1, 0.15) is 5.82 Å². The molecule has 0 atom stereocenters. The van der Waals surface area contributed by atoms with Crippen molar-refractivity contribution in [3.63, 3.8) is 0 Å². The molecule has 1 heterocycles. The Morgan fingerprint density at radius 3 is 2.45 bits per heavy atom. The molecule has 0 aliphatic rings. The number of sulfonamides is 1. The van der Waals surface area contributed by atoms with Crippen molar-refractivity contribution in [1.82, 2.24) is 14.8 Å². The maximum atomic E-state index is 11.4. The Balaban J connectivity index is 2.05. The van der Waals surface area contributed by atoms with Crippen molar-refractivity contribution < 1.29 is 8.42 Å². The smallest absolute Gasteiger partial charge is 0.273 e. The fourth-order valence-corrected chi connectivity index (χ4v) is 2.82. The van der Waals surface area contributed by atoms with E-state index in [9.17, 15) is 8.42 Å². The third-order valence-electron chi connectivity index (χ3n) is 3.07. The summed E-state index contributed by atoms with van der Waals surface area (Å²) in [5, 5.41) is 12.6. The van der Waals surface area contributed by atoms with E-state index in [0.717, 1.165) is 12.8 Å². The highest BCUT2D eigenvalue weighted by molar-refractivity contribution is 7.89. The van der Waals surface area contributed by atoms with Gasteiger partial charge in [0.25, 0.3) is 15.2 Å². The summed E-state index contributed by atoms with van der Waals surface area (Å²) in [5.41, 5.74) is 1.25. The van der Waals surface area contributed by atoms with Gasteiger partial charge >= 0.3 is 0 Å². The van der Waals surface area contributed by atoms with Crippen LogP contribution in [0.1, 0.15) is 24.7 Å². The second-order valence-corrected chi connectivity index (χ2v) is 5.98. The van der Waals surface area contributed by atoms with Gasteiger partial charge in [-0.25, -0.2) is 13.6 Å². The maximum absolute atomic E-state index is 11.4. The number of benzene rings is 1. The van der Waals surface area contributed by atoms with Crippen LogP contribution in [0.15, 0.2) is 35.5 Å². The molecule has 0 aliphatic heterocycles. The van der Waals surface area contributed by atoms with Crippen LogP contribution in [0.5, 0.6) is 0 Å². The van der Waals surface area contributed by atoms with Crippen LogP contribution >= 0.6 is 0 Å². The third-order valence-corrected chi connectivity index (χ3v) is 3.88. The Morgan fingerprint density at radius 2 is 1.85 bits per heavy atom. The molecule has 0 radical (unpaired) electrons. The van der Waals surface area contributed by atoms with E-state index in [1.807, 2.05) is 25.1 Å². The average molecular weight is 294 g/mol. The minimum Gasteiger partial charge on any atom is -0.301 e. The molecule has 2 rings (SSSR count). The van der Waals surface area contributed by atoms with Crippen molar-refractivity contribution in [3.05, 3.63) is 41.7 Å². The molecule has 20 heavy (non-hydrogen) atoms. The lowest BCUT2D eigenvalue weighted by atomic mass is 10.1. The normalized spacial score (nSPS) is 11.7. The van der Waals surface area contributed by atoms with Crippen LogP contribution in [-0.4, -0.2) is 23.2 Å². The van der Waals surface area contributed by atoms with Crippen molar-refractivity contribution in [2.24, 2.45) is 5.14 Å². The molecule has 1 aromatic heterocycles. The Labute approximate surface area is 118 Å². The molecule has 6 nitrogen and oxygen atoms in total. The second-order valence-electron chi connectivity index (χ2n) is 4.53. The molecule has 0 saturated heterocycles. The number of hydrogen-bond donors (Lipinski definition) is 1. The van der Waals surface area contributed by atoms with Gasteiger partial charge < -0.3 is 4.57 Å². The van der Waals surface area contributed by atoms with Gasteiger partial charge in [-0.05, 0) is 25.3 Å². The molecule has 0 unspecified atom stereocenters. The zero-order valence-corrected chi connectivity index (χ0v) is 12.2. The summed E-state index contributed by atoms with van der Waals surface area (Å²) < 4.78 is 24.3. The van der Waals surface area contributed by atoms with Crippen LogP contribution in [0.3, 0.4) is 0 Å². The van der Waals surface area contributed by atoms with Crippen LogP contribution in [0.2, 0.25) is 0 Å². The van der Waals surface area contributed by atoms with E-state index < -0.39 is 10.0 Å². The number of nitrogens with two attached hydrogens (primary N) is 1. The maximum Gasteiger partial charge on any atom is 0.273 e. The molecule has 0 saturated carbocycles.